The van der Waals surface area contributed by atoms with Gasteiger partial charge in [-0.1, -0.05) is 13.8 Å². The number of ether oxygens (including phenoxy) is 1. The van der Waals surface area contributed by atoms with Crippen molar-refractivity contribution in [2.24, 2.45) is 0 Å². The number of nitrogens with one attached hydrogen (secondary N) is 1. The zero-order chi connectivity index (χ0) is 20.7. The van der Waals surface area contributed by atoms with E-state index in [1.54, 1.807) is 10.9 Å². The van der Waals surface area contributed by atoms with Crippen LogP contribution in [0.1, 0.15) is 34.6 Å². The van der Waals surface area contributed by atoms with E-state index in [2.05, 4.69) is 33.9 Å². The van der Waals surface area contributed by atoms with E-state index in [0.29, 0.717) is 12.2 Å². The standard InChI is InChI=1S/C18H23N5O5/c1-4-21(5-2)6-7-22-12-15(11-19-22)20-17(24)13-8-14(18(25)28-3)10-16(9-13)23(26)27/h8-12H,4-7H2,1-3H3,(H,20,24). The maximum absolute atomic E-state index is 12.5. The van der Waals surface area contributed by atoms with Crippen molar-refractivity contribution in [3.63, 3.8) is 0 Å². The molecular formula is C18H23N5O5. The number of non-ortho nitro benzene ring substituents is 1. The van der Waals surface area contributed by atoms with Crippen LogP contribution in [0.15, 0.2) is 30.6 Å². The lowest BCUT2D eigenvalue weighted by Gasteiger charge is -2.17. The lowest BCUT2D eigenvalue weighted by molar-refractivity contribution is -0.384. The zero-order valence-corrected chi connectivity index (χ0v) is 16.0. The van der Waals surface area contributed by atoms with E-state index in [1.165, 1.54) is 12.3 Å². The molecule has 0 fully saturated rings. The van der Waals surface area contributed by atoms with E-state index < -0.39 is 16.8 Å². The number of aromatic nitrogens is 2. The molecule has 0 saturated heterocycles. The number of carbonyl (C=O) groups is 2. The van der Waals surface area contributed by atoms with Gasteiger partial charge in [-0.05, 0) is 19.2 Å². The van der Waals surface area contributed by atoms with Crippen LogP contribution in [0.25, 0.3) is 0 Å². The third-order valence-electron chi connectivity index (χ3n) is 4.24. The summed E-state index contributed by atoms with van der Waals surface area (Å²) in [4.78, 5) is 36.9. The van der Waals surface area contributed by atoms with Crippen LogP contribution in [0.2, 0.25) is 0 Å². The van der Waals surface area contributed by atoms with Gasteiger partial charge in [-0.25, -0.2) is 4.79 Å². The highest BCUT2D eigenvalue weighted by Gasteiger charge is 2.19. The minimum absolute atomic E-state index is 0.0227. The Morgan fingerprint density at radius 3 is 2.54 bits per heavy atom. The Bertz CT molecular complexity index is 860. The maximum Gasteiger partial charge on any atom is 0.338 e. The van der Waals surface area contributed by atoms with Gasteiger partial charge in [-0.15, -0.1) is 0 Å². The number of hydrogen-bond donors (Lipinski definition) is 1. The van der Waals surface area contributed by atoms with Crippen molar-refractivity contribution in [3.8, 4) is 0 Å². The highest BCUT2D eigenvalue weighted by molar-refractivity contribution is 6.06. The van der Waals surface area contributed by atoms with Gasteiger partial charge in [-0.3, -0.25) is 19.6 Å². The molecule has 10 heteroatoms. The van der Waals surface area contributed by atoms with Crippen molar-refractivity contribution >= 4 is 23.3 Å². The predicted molar refractivity (Wildman–Crippen MR) is 102 cm³/mol. The second-order valence-electron chi connectivity index (χ2n) is 5.99. The number of anilines is 1. The Hall–Kier alpha value is -3.27. The number of amides is 1. The van der Waals surface area contributed by atoms with Gasteiger partial charge < -0.3 is 15.0 Å². The number of carbonyl (C=O) groups excluding carboxylic acids is 2. The highest BCUT2D eigenvalue weighted by Crippen LogP contribution is 2.19. The van der Waals surface area contributed by atoms with E-state index in [-0.39, 0.29) is 16.8 Å². The average Bonchev–Trinajstić information content (AvgIpc) is 3.14. The molecule has 150 valence electrons. The summed E-state index contributed by atoms with van der Waals surface area (Å²) in [7, 11) is 1.16. The largest absolute Gasteiger partial charge is 0.465 e. The summed E-state index contributed by atoms with van der Waals surface area (Å²) in [5.41, 5.74) is -0.0131. The minimum atomic E-state index is -0.762. The summed E-state index contributed by atoms with van der Waals surface area (Å²) in [6.45, 7) is 7.55. The predicted octanol–water partition coefficient (Wildman–Crippen LogP) is 2.17. The molecule has 10 nitrogen and oxygen atoms in total. The fourth-order valence-electron chi connectivity index (χ4n) is 2.62. The summed E-state index contributed by atoms with van der Waals surface area (Å²) >= 11 is 0. The lowest BCUT2D eigenvalue weighted by atomic mass is 10.1. The van der Waals surface area contributed by atoms with E-state index in [9.17, 15) is 19.7 Å². The van der Waals surface area contributed by atoms with Crippen molar-refractivity contribution in [1.82, 2.24) is 14.7 Å². The second kappa shape index (κ2) is 9.60. The second-order valence-corrected chi connectivity index (χ2v) is 5.99. The van der Waals surface area contributed by atoms with Gasteiger partial charge in [0.25, 0.3) is 11.6 Å². The molecule has 0 spiro atoms. The third-order valence-corrected chi connectivity index (χ3v) is 4.24. The SMILES string of the molecule is CCN(CC)CCn1cc(NC(=O)c2cc(C(=O)OC)cc([N+](=O)[O-])c2)cn1. The molecule has 0 saturated carbocycles. The number of nitro groups is 1. The monoisotopic (exact) mass is 389 g/mol. The average molecular weight is 389 g/mol. The summed E-state index contributed by atoms with van der Waals surface area (Å²) in [6, 6.07) is 3.42. The maximum atomic E-state index is 12.5. The van der Waals surface area contributed by atoms with Crippen LogP contribution in [0.3, 0.4) is 0 Å². The lowest BCUT2D eigenvalue weighted by Crippen LogP contribution is -2.27. The number of hydrogen-bond acceptors (Lipinski definition) is 7. The number of rotatable bonds is 9. The van der Waals surface area contributed by atoms with Crippen LogP contribution in [0.4, 0.5) is 11.4 Å². The molecule has 0 bridgehead atoms. The smallest absolute Gasteiger partial charge is 0.338 e. The fraction of sp³-hybridized carbons (Fsp3) is 0.389. The van der Waals surface area contributed by atoms with Gasteiger partial charge in [-0.2, -0.15) is 5.10 Å². The Balaban J connectivity index is 2.13. The molecule has 0 unspecified atom stereocenters. The Morgan fingerprint density at radius 1 is 1.25 bits per heavy atom. The van der Waals surface area contributed by atoms with Crippen LogP contribution >= 0.6 is 0 Å². The molecule has 1 N–H and O–H groups in total. The van der Waals surface area contributed by atoms with Crippen LogP contribution in [-0.4, -0.2) is 58.2 Å². The molecule has 2 rings (SSSR count). The molecule has 1 amide bonds. The van der Waals surface area contributed by atoms with Crippen molar-refractivity contribution < 1.29 is 19.2 Å². The molecule has 0 atom stereocenters. The number of likely N-dealkylation sites (N-methyl/N-ethyl adjacent to an activating group) is 1. The van der Waals surface area contributed by atoms with E-state index in [1.807, 2.05) is 0 Å². The quantitative estimate of drug-likeness (QED) is 0.396. The number of nitrogens with zero attached hydrogens (tertiary/aromatic N) is 4. The first-order chi connectivity index (χ1) is 13.4. The molecule has 0 aliphatic rings. The number of benzene rings is 1. The Kier molecular flexibility index (Phi) is 7.21. The van der Waals surface area contributed by atoms with E-state index in [0.717, 1.165) is 38.9 Å². The number of esters is 1. The van der Waals surface area contributed by atoms with Gasteiger partial charge >= 0.3 is 5.97 Å². The van der Waals surface area contributed by atoms with Crippen molar-refractivity contribution in [3.05, 3.63) is 51.8 Å². The molecule has 0 radical (unpaired) electrons. The molecule has 1 heterocycles. The van der Waals surface area contributed by atoms with Crippen LogP contribution in [-0.2, 0) is 11.3 Å². The van der Waals surface area contributed by atoms with Gasteiger partial charge in [0.1, 0.15) is 0 Å². The summed E-state index contributed by atoms with van der Waals surface area (Å²) in [6.07, 6.45) is 3.18. The first-order valence-electron chi connectivity index (χ1n) is 8.81. The van der Waals surface area contributed by atoms with Crippen molar-refractivity contribution in [2.45, 2.75) is 20.4 Å². The van der Waals surface area contributed by atoms with Gasteiger partial charge in [0, 0.05) is 30.4 Å². The Morgan fingerprint density at radius 2 is 1.93 bits per heavy atom. The molecule has 0 aliphatic heterocycles. The molecular weight excluding hydrogens is 366 g/mol. The highest BCUT2D eigenvalue weighted by atomic mass is 16.6. The summed E-state index contributed by atoms with van der Waals surface area (Å²) in [5, 5.41) is 17.9. The first-order valence-corrected chi connectivity index (χ1v) is 8.81. The normalized spacial score (nSPS) is 10.7. The summed E-state index contributed by atoms with van der Waals surface area (Å²) in [5.74, 6) is -1.35. The topological polar surface area (TPSA) is 120 Å². The van der Waals surface area contributed by atoms with Crippen molar-refractivity contribution in [2.75, 3.05) is 32.1 Å². The molecule has 0 aliphatic carbocycles. The van der Waals surface area contributed by atoms with Gasteiger partial charge in [0.05, 0.1) is 36.0 Å². The van der Waals surface area contributed by atoms with Crippen molar-refractivity contribution in [1.29, 1.82) is 0 Å². The molecule has 2 aromatic rings. The first kappa shape index (κ1) is 21.0. The van der Waals surface area contributed by atoms with Gasteiger partial charge in [0.15, 0.2) is 0 Å². The Labute approximate surface area is 162 Å². The summed E-state index contributed by atoms with van der Waals surface area (Å²) < 4.78 is 6.29. The molecule has 28 heavy (non-hydrogen) atoms. The van der Waals surface area contributed by atoms with Crippen LogP contribution in [0.5, 0.6) is 0 Å². The van der Waals surface area contributed by atoms with Crippen LogP contribution in [0, 0.1) is 10.1 Å². The van der Waals surface area contributed by atoms with Gasteiger partial charge in [0.2, 0.25) is 0 Å². The molecule has 1 aromatic carbocycles. The number of nitro benzene ring substituents is 1. The van der Waals surface area contributed by atoms with E-state index in [4.69, 9.17) is 0 Å². The molecule has 1 aromatic heterocycles. The fourth-order valence-corrected chi connectivity index (χ4v) is 2.62. The third kappa shape index (κ3) is 5.36. The zero-order valence-electron chi connectivity index (χ0n) is 16.0. The number of methoxy groups -OCH3 is 1. The van der Waals surface area contributed by atoms with Crippen LogP contribution < -0.4 is 5.32 Å². The van der Waals surface area contributed by atoms with E-state index >= 15 is 0 Å². The minimum Gasteiger partial charge on any atom is -0.465 e.